The first-order chi connectivity index (χ1) is 8.79. The maximum atomic E-state index is 11.4. The predicted molar refractivity (Wildman–Crippen MR) is 63.3 cm³/mol. The highest BCUT2D eigenvalue weighted by Crippen LogP contribution is 2.01. The van der Waals surface area contributed by atoms with Gasteiger partial charge in [-0.2, -0.15) is 0 Å². The summed E-state index contributed by atoms with van der Waals surface area (Å²) in [6, 6.07) is 0. The Morgan fingerprint density at radius 1 is 1.50 bits per heavy atom. The molecular formula is C11H18N4O3. The molecule has 1 saturated heterocycles. The zero-order valence-electron chi connectivity index (χ0n) is 10.5. The Bertz CT molecular complexity index is 387. The zero-order valence-corrected chi connectivity index (χ0v) is 10.5. The molecule has 1 aliphatic heterocycles. The number of rotatable bonds is 5. The number of H-pyrrole nitrogens is 1. The molecule has 7 heteroatoms. The van der Waals surface area contributed by atoms with Crippen LogP contribution in [-0.2, 0) is 15.9 Å². The lowest BCUT2D eigenvalue weighted by atomic mass is 10.3. The number of nitrogens with zero attached hydrogens (tertiary/aromatic N) is 3. The second kappa shape index (κ2) is 6.46. The minimum absolute atomic E-state index is 0.105. The number of hydrogen-bond acceptors (Lipinski definition) is 6. The van der Waals surface area contributed by atoms with Crippen molar-refractivity contribution in [1.29, 1.82) is 0 Å². The summed E-state index contributed by atoms with van der Waals surface area (Å²) in [7, 11) is 0. The van der Waals surface area contributed by atoms with E-state index in [4.69, 9.17) is 9.47 Å². The summed E-state index contributed by atoms with van der Waals surface area (Å²) < 4.78 is 10.1. The minimum Gasteiger partial charge on any atom is -0.460 e. The van der Waals surface area contributed by atoms with Crippen LogP contribution in [0.25, 0.3) is 0 Å². The van der Waals surface area contributed by atoms with Gasteiger partial charge in [0.15, 0.2) is 0 Å². The fourth-order valence-corrected chi connectivity index (χ4v) is 1.78. The largest absolute Gasteiger partial charge is 0.460 e. The van der Waals surface area contributed by atoms with Crippen LogP contribution in [0.1, 0.15) is 23.4 Å². The molecule has 0 bridgehead atoms. The molecule has 1 N–H and O–H groups in total. The van der Waals surface area contributed by atoms with Gasteiger partial charge in [0.1, 0.15) is 5.82 Å². The summed E-state index contributed by atoms with van der Waals surface area (Å²) in [5, 5.41) is 6.61. The number of carbonyl (C=O) groups excluding carboxylic acids is 1. The third-order valence-electron chi connectivity index (χ3n) is 2.76. The lowest BCUT2D eigenvalue weighted by molar-refractivity contribution is 0.0382. The van der Waals surface area contributed by atoms with E-state index < -0.39 is 5.97 Å². The van der Waals surface area contributed by atoms with Gasteiger partial charge in [0.2, 0.25) is 0 Å². The molecule has 0 atom stereocenters. The Morgan fingerprint density at radius 2 is 2.28 bits per heavy atom. The quantitative estimate of drug-likeness (QED) is 0.736. The highest BCUT2D eigenvalue weighted by molar-refractivity contribution is 5.84. The number of ether oxygens (including phenoxy) is 2. The van der Waals surface area contributed by atoms with Crippen LogP contribution < -0.4 is 0 Å². The number of carbonyl (C=O) groups is 1. The Balaban J connectivity index is 1.80. The second-order valence-electron chi connectivity index (χ2n) is 4.03. The molecule has 0 spiro atoms. The molecule has 2 heterocycles. The lowest BCUT2D eigenvalue weighted by Gasteiger charge is -2.25. The van der Waals surface area contributed by atoms with Crippen LogP contribution in [0, 0.1) is 0 Å². The van der Waals surface area contributed by atoms with E-state index in [0.717, 1.165) is 39.3 Å². The Hall–Kier alpha value is -1.47. The van der Waals surface area contributed by atoms with Crippen LogP contribution in [0.4, 0.5) is 0 Å². The van der Waals surface area contributed by atoms with E-state index in [1.165, 1.54) is 0 Å². The molecule has 1 aromatic rings. The van der Waals surface area contributed by atoms with Crippen LogP contribution >= 0.6 is 0 Å². The summed E-state index contributed by atoms with van der Waals surface area (Å²) in [6.07, 6.45) is 0.742. The molecule has 7 nitrogen and oxygen atoms in total. The smallest absolute Gasteiger partial charge is 0.378 e. The summed E-state index contributed by atoms with van der Waals surface area (Å²) in [5.41, 5.74) is 0. The van der Waals surface area contributed by atoms with Crippen molar-refractivity contribution in [2.45, 2.75) is 13.3 Å². The fourth-order valence-electron chi connectivity index (χ4n) is 1.78. The zero-order chi connectivity index (χ0) is 12.8. The molecule has 0 unspecified atom stereocenters. The van der Waals surface area contributed by atoms with E-state index in [-0.39, 0.29) is 5.82 Å². The first kappa shape index (κ1) is 13.0. The number of aromatic nitrogens is 3. The van der Waals surface area contributed by atoms with Gasteiger partial charge in [-0.25, -0.2) is 9.78 Å². The van der Waals surface area contributed by atoms with Crippen LogP contribution in [0.3, 0.4) is 0 Å². The van der Waals surface area contributed by atoms with Gasteiger partial charge >= 0.3 is 5.97 Å². The van der Waals surface area contributed by atoms with Crippen molar-refractivity contribution in [3.63, 3.8) is 0 Å². The molecule has 0 amide bonds. The summed E-state index contributed by atoms with van der Waals surface area (Å²) in [5.74, 6) is 0.338. The van der Waals surface area contributed by atoms with Crippen molar-refractivity contribution < 1.29 is 14.3 Å². The minimum atomic E-state index is -0.480. The van der Waals surface area contributed by atoms with Crippen LogP contribution in [0.2, 0.25) is 0 Å². The molecule has 0 aromatic carbocycles. The van der Waals surface area contributed by atoms with Gasteiger partial charge in [-0.05, 0) is 6.92 Å². The lowest BCUT2D eigenvalue weighted by Crippen LogP contribution is -2.37. The van der Waals surface area contributed by atoms with Gasteiger partial charge < -0.3 is 9.47 Å². The van der Waals surface area contributed by atoms with Crippen molar-refractivity contribution in [1.82, 2.24) is 20.1 Å². The van der Waals surface area contributed by atoms with Gasteiger partial charge in [0.25, 0.3) is 5.82 Å². The molecule has 100 valence electrons. The highest BCUT2D eigenvalue weighted by atomic mass is 16.5. The van der Waals surface area contributed by atoms with Crippen molar-refractivity contribution in [2.24, 2.45) is 0 Å². The number of morpholine rings is 1. The first-order valence-electron chi connectivity index (χ1n) is 6.18. The van der Waals surface area contributed by atoms with Crippen molar-refractivity contribution >= 4 is 5.97 Å². The highest BCUT2D eigenvalue weighted by Gasteiger charge is 2.15. The van der Waals surface area contributed by atoms with E-state index >= 15 is 0 Å². The summed E-state index contributed by atoms with van der Waals surface area (Å²) in [6.45, 7) is 6.42. The molecule has 2 rings (SSSR count). The molecule has 1 aromatic heterocycles. The van der Waals surface area contributed by atoms with Gasteiger partial charge in [0, 0.05) is 26.1 Å². The van der Waals surface area contributed by atoms with E-state index in [0.29, 0.717) is 12.4 Å². The Morgan fingerprint density at radius 3 is 3.00 bits per heavy atom. The number of hydrogen-bond donors (Lipinski definition) is 1. The van der Waals surface area contributed by atoms with Crippen LogP contribution in [0.5, 0.6) is 0 Å². The standard InChI is InChI=1S/C11H18N4O3/c1-2-18-11(16)10-12-9(13-14-10)3-4-15-5-7-17-8-6-15/h2-8H2,1H3,(H,12,13,14). The van der Waals surface area contributed by atoms with Crippen LogP contribution in [-0.4, -0.2) is 65.5 Å². The molecule has 0 aliphatic carbocycles. The number of aromatic amines is 1. The van der Waals surface area contributed by atoms with Gasteiger partial charge in [-0.15, -0.1) is 5.10 Å². The Labute approximate surface area is 105 Å². The number of esters is 1. The second-order valence-corrected chi connectivity index (χ2v) is 4.03. The third-order valence-corrected chi connectivity index (χ3v) is 2.76. The maximum absolute atomic E-state index is 11.4. The van der Waals surface area contributed by atoms with E-state index in [9.17, 15) is 4.79 Å². The van der Waals surface area contributed by atoms with Crippen molar-refractivity contribution in [3.8, 4) is 0 Å². The first-order valence-corrected chi connectivity index (χ1v) is 6.18. The molecule has 0 radical (unpaired) electrons. The Kier molecular flexibility index (Phi) is 4.66. The predicted octanol–water partition coefficient (Wildman–Crippen LogP) is -0.144. The molecule has 1 fully saturated rings. The molecule has 0 saturated carbocycles. The van der Waals surface area contributed by atoms with E-state index in [1.54, 1.807) is 6.92 Å². The SMILES string of the molecule is CCOC(=O)c1n[nH]c(CCN2CCOCC2)n1. The van der Waals surface area contributed by atoms with Gasteiger partial charge in [-0.3, -0.25) is 10.00 Å². The van der Waals surface area contributed by atoms with Gasteiger partial charge in [-0.1, -0.05) is 0 Å². The summed E-state index contributed by atoms with van der Waals surface area (Å²) in [4.78, 5) is 17.8. The van der Waals surface area contributed by atoms with Gasteiger partial charge in [0.05, 0.1) is 19.8 Å². The van der Waals surface area contributed by atoms with Crippen molar-refractivity contribution in [2.75, 3.05) is 39.5 Å². The fraction of sp³-hybridized carbons (Fsp3) is 0.727. The van der Waals surface area contributed by atoms with Crippen LogP contribution in [0.15, 0.2) is 0 Å². The molecule has 18 heavy (non-hydrogen) atoms. The van der Waals surface area contributed by atoms with E-state index in [1.807, 2.05) is 0 Å². The van der Waals surface area contributed by atoms with Crippen molar-refractivity contribution in [3.05, 3.63) is 11.6 Å². The molecular weight excluding hydrogens is 236 g/mol. The summed E-state index contributed by atoms with van der Waals surface area (Å²) >= 11 is 0. The number of nitrogens with one attached hydrogen (secondary N) is 1. The van der Waals surface area contributed by atoms with E-state index in [2.05, 4.69) is 20.1 Å². The monoisotopic (exact) mass is 254 g/mol. The topological polar surface area (TPSA) is 80.3 Å². The maximum Gasteiger partial charge on any atom is 0.378 e. The third kappa shape index (κ3) is 3.51. The average Bonchev–Trinajstić information content (AvgIpc) is 2.87. The average molecular weight is 254 g/mol. The normalized spacial score (nSPS) is 16.7. The molecule has 1 aliphatic rings.